The second-order valence-electron chi connectivity index (χ2n) is 3.67. The van der Waals surface area contributed by atoms with Crippen molar-refractivity contribution in [1.29, 1.82) is 0 Å². The smallest absolute Gasteiger partial charge is 0.387 e. The standard InChI is InChI=1S/C8H16O9S/c1-14-7-4(3-16-18(11,12)13)17-8(15-2)6(10)5(7)9/h4-10H,3H2,1-2H3,(H,11,12,13). The van der Waals surface area contributed by atoms with E-state index in [2.05, 4.69) is 4.18 Å². The van der Waals surface area contributed by atoms with Crippen LogP contribution in [0.4, 0.5) is 0 Å². The Balaban J connectivity index is 2.74. The van der Waals surface area contributed by atoms with Crippen LogP contribution in [0.2, 0.25) is 0 Å². The SMILES string of the molecule is COC1OC(COS(=O)(=O)O)C(OC)C(O)C1O. The maximum atomic E-state index is 10.5. The largest absolute Gasteiger partial charge is 0.397 e. The maximum absolute atomic E-state index is 10.5. The van der Waals surface area contributed by atoms with E-state index in [9.17, 15) is 18.6 Å². The zero-order valence-electron chi connectivity index (χ0n) is 9.79. The Bertz CT molecular complexity index is 356. The summed E-state index contributed by atoms with van der Waals surface area (Å²) in [6, 6.07) is 0. The fraction of sp³-hybridized carbons (Fsp3) is 1.00. The van der Waals surface area contributed by atoms with Gasteiger partial charge in [-0.15, -0.1) is 0 Å². The molecule has 9 nitrogen and oxygen atoms in total. The van der Waals surface area contributed by atoms with E-state index in [-0.39, 0.29) is 0 Å². The van der Waals surface area contributed by atoms with Gasteiger partial charge >= 0.3 is 10.4 Å². The molecule has 18 heavy (non-hydrogen) atoms. The molecule has 1 saturated heterocycles. The molecule has 0 aliphatic carbocycles. The first-order valence-corrected chi connectivity index (χ1v) is 6.35. The Hall–Kier alpha value is -0.330. The molecule has 3 N–H and O–H groups in total. The van der Waals surface area contributed by atoms with Crippen molar-refractivity contribution in [2.45, 2.75) is 30.7 Å². The zero-order chi connectivity index (χ0) is 13.9. The van der Waals surface area contributed by atoms with E-state index in [0.29, 0.717) is 0 Å². The summed E-state index contributed by atoms with van der Waals surface area (Å²) in [5, 5.41) is 19.3. The summed E-state index contributed by atoms with van der Waals surface area (Å²) >= 11 is 0. The Kier molecular flexibility index (Phi) is 5.43. The summed E-state index contributed by atoms with van der Waals surface area (Å²) in [4.78, 5) is 0. The van der Waals surface area contributed by atoms with Gasteiger partial charge < -0.3 is 24.4 Å². The molecule has 1 fully saturated rings. The summed E-state index contributed by atoms with van der Waals surface area (Å²) in [7, 11) is -2.14. The average Bonchev–Trinajstić information content (AvgIpc) is 2.29. The molecule has 0 saturated carbocycles. The molecular weight excluding hydrogens is 272 g/mol. The van der Waals surface area contributed by atoms with Crippen LogP contribution in [-0.4, -0.2) is 74.7 Å². The third-order valence-corrected chi connectivity index (χ3v) is 2.96. The molecule has 1 aliphatic rings. The Morgan fingerprint density at radius 1 is 1.17 bits per heavy atom. The fourth-order valence-electron chi connectivity index (χ4n) is 1.68. The van der Waals surface area contributed by atoms with Crippen LogP contribution < -0.4 is 0 Å². The van der Waals surface area contributed by atoms with Gasteiger partial charge in [0.1, 0.15) is 24.4 Å². The van der Waals surface area contributed by atoms with Crippen LogP contribution >= 0.6 is 0 Å². The third kappa shape index (κ3) is 3.83. The molecule has 1 aliphatic heterocycles. The van der Waals surface area contributed by atoms with E-state index in [1.165, 1.54) is 14.2 Å². The van der Waals surface area contributed by atoms with Crippen LogP contribution in [0, 0.1) is 0 Å². The molecule has 0 amide bonds. The van der Waals surface area contributed by atoms with Crippen molar-refractivity contribution in [1.82, 2.24) is 0 Å². The Labute approximate surface area is 104 Å². The fourth-order valence-corrected chi connectivity index (χ4v) is 1.98. The summed E-state index contributed by atoms with van der Waals surface area (Å²) in [6.45, 7) is -0.582. The van der Waals surface area contributed by atoms with Crippen molar-refractivity contribution in [3.8, 4) is 0 Å². The van der Waals surface area contributed by atoms with Gasteiger partial charge in [0.05, 0.1) is 6.61 Å². The molecule has 0 aromatic rings. The highest BCUT2D eigenvalue weighted by atomic mass is 32.3. The van der Waals surface area contributed by atoms with E-state index in [1.807, 2.05) is 0 Å². The van der Waals surface area contributed by atoms with Crippen LogP contribution in [0.3, 0.4) is 0 Å². The topological polar surface area (TPSA) is 132 Å². The van der Waals surface area contributed by atoms with E-state index in [1.54, 1.807) is 0 Å². The number of methoxy groups -OCH3 is 2. The average molecular weight is 288 g/mol. The van der Waals surface area contributed by atoms with E-state index >= 15 is 0 Å². The molecule has 1 rings (SSSR count). The molecule has 108 valence electrons. The van der Waals surface area contributed by atoms with Crippen LogP contribution in [-0.2, 0) is 28.8 Å². The van der Waals surface area contributed by atoms with Gasteiger partial charge in [-0.1, -0.05) is 0 Å². The van der Waals surface area contributed by atoms with Crippen molar-refractivity contribution < 1.29 is 41.6 Å². The van der Waals surface area contributed by atoms with Crippen LogP contribution in [0.15, 0.2) is 0 Å². The Morgan fingerprint density at radius 3 is 2.22 bits per heavy atom. The first-order valence-electron chi connectivity index (χ1n) is 4.99. The molecule has 5 atom stereocenters. The first kappa shape index (κ1) is 15.7. The maximum Gasteiger partial charge on any atom is 0.397 e. The van der Waals surface area contributed by atoms with Crippen molar-refractivity contribution >= 4 is 10.4 Å². The molecule has 0 aromatic carbocycles. The van der Waals surface area contributed by atoms with Gasteiger partial charge in [-0.3, -0.25) is 4.55 Å². The van der Waals surface area contributed by atoms with Crippen LogP contribution in [0.1, 0.15) is 0 Å². The summed E-state index contributed by atoms with van der Waals surface area (Å²) in [5.74, 6) is 0. The lowest BCUT2D eigenvalue weighted by molar-refractivity contribution is -0.296. The minimum Gasteiger partial charge on any atom is -0.387 e. The molecule has 1 heterocycles. The quantitative estimate of drug-likeness (QED) is 0.487. The summed E-state index contributed by atoms with van der Waals surface area (Å²) < 4.78 is 48.4. The molecular formula is C8H16O9S. The molecule has 10 heteroatoms. The van der Waals surface area contributed by atoms with E-state index < -0.39 is 47.7 Å². The highest BCUT2D eigenvalue weighted by molar-refractivity contribution is 7.80. The predicted octanol–water partition coefficient (Wildman–Crippen LogP) is -2.09. The number of rotatable bonds is 5. The van der Waals surface area contributed by atoms with Gasteiger partial charge in [-0.25, -0.2) is 4.18 Å². The van der Waals surface area contributed by atoms with Crippen molar-refractivity contribution in [2.75, 3.05) is 20.8 Å². The number of ether oxygens (including phenoxy) is 3. The van der Waals surface area contributed by atoms with Gasteiger partial charge in [-0.05, 0) is 0 Å². The zero-order valence-corrected chi connectivity index (χ0v) is 10.6. The van der Waals surface area contributed by atoms with Crippen molar-refractivity contribution in [3.63, 3.8) is 0 Å². The second kappa shape index (κ2) is 6.21. The lowest BCUT2D eigenvalue weighted by Gasteiger charge is -2.40. The number of hydrogen-bond donors (Lipinski definition) is 3. The lowest BCUT2D eigenvalue weighted by atomic mass is 9.99. The predicted molar refractivity (Wildman–Crippen MR) is 56.0 cm³/mol. The third-order valence-electron chi connectivity index (χ3n) is 2.53. The van der Waals surface area contributed by atoms with Gasteiger partial charge in [0.15, 0.2) is 6.29 Å². The minimum atomic E-state index is -4.63. The molecule has 0 radical (unpaired) electrons. The first-order chi connectivity index (χ1) is 8.30. The summed E-state index contributed by atoms with van der Waals surface area (Å²) in [6.07, 6.45) is -5.89. The van der Waals surface area contributed by atoms with E-state index in [0.717, 1.165) is 0 Å². The second-order valence-corrected chi connectivity index (χ2v) is 4.76. The lowest BCUT2D eigenvalue weighted by Crippen LogP contribution is -2.59. The summed E-state index contributed by atoms with van der Waals surface area (Å²) in [5.41, 5.74) is 0. The van der Waals surface area contributed by atoms with Crippen molar-refractivity contribution in [3.05, 3.63) is 0 Å². The van der Waals surface area contributed by atoms with Crippen molar-refractivity contribution in [2.24, 2.45) is 0 Å². The highest BCUT2D eigenvalue weighted by Crippen LogP contribution is 2.24. The van der Waals surface area contributed by atoms with Gasteiger partial charge in [0.25, 0.3) is 0 Å². The minimum absolute atomic E-state index is 0.582. The van der Waals surface area contributed by atoms with E-state index in [4.69, 9.17) is 18.8 Å². The van der Waals surface area contributed by atoms with Gasteiger partial charge in [0.2, 0.25) is 0 Å². The molecule has 0 aromatic heterocycles. The molecule has 0 spiro atoms. The molecule has 5 unspecified atom stereocenters. The number of hydrogen-bond acceptors (Lipinski definition) is 8. The normalized spacial score (nSPS) is 37.7. The Morgan fingerprint density at radius 2 is 1.78 bits per heavy atom. The van der Waals surface area contributed by atoms with Crippen LogP contribution in [0.25, 0.3) is 0 Å². The monoisotopic (exact) mass is 288 g/mol. The van der Waals surface area contributed by atoms with Crippen LogP contribution in [0.5, 0.6) is 0 Å². The number of aliphatic hydroxyl groups is 2. The number of aliphatic hydroxyl groups excluding tert-OH is 2. The highest BCUT2D eigenvalue weighted by Gasteiger charge is 2.45. The molecule has 0 bridgehead atoms. The van der Waals surface area contributed by atoms with Gasteiger partial charge in [0, 0.05) is 14.2 Å². The van der Waals surface area contributed by atoms with Gasteiger partial charge in [-0.2, -0.15) is 8.42 Å².